The van der Waals surface area contributed by atoms with E-state index in [1.807, 2.05) is 37.3 Å². The van der Waals surface area contributed by atoms with Gasteiger partial charge in [-0.15, -0.1) is 0 Å². The summed E-state index contributed by atoms with van der Waals surface area (Å²) < 4.78 is 0. The van der Waals surface area contributed by atoms with Gasteiger partial charge in [0.25, 0.3) is 0 Å². The highest BCUT2D eigenvalue weighted by molar-refractivity contribution is 7.99. The lowest BCUT2D eigenvalue weighted by atomic mass is 10.0. The molecular formula is C16H13ClN2O2S. The molecule has 0 spiro atoms. The molecule has 0 aliphatic carbocycles. The number of carboxylic acids is 1. The number of benzene rings is 2. The van der Waals surface area contributed by atoms with E-state index in [0.717, 1.165) is 39.5 Å². The number of carbonyl (C=O) groups is 1. The quantitative estimate of drug-likeness (QED) is 0.696. The van der Waals surface area contributed by atoms with Crippen LogP contribution in [-0.4, -0.2) is 26.8 Å². The van der Waals surface area contributed by atoms with Crippen molar-refractivity contribution in [3.8, 4) is 11.1 Å². The summed E-state index contributed by atoms with van der Waals surface area (Å²) in [4.78, 5) is 18.1. The number of rotatable bonds is 4. The molecule has 1 heterocycles. The van der Waals surface area contributed by atoms with Crippen molar-refractivity contribution in [2.24, 2.45) is 0 Å². The van der Waals surface area contributed by atoms with Gasteiger partial charge < -0.3 is 10.1 Å². The lowest BCUT2D eigenvalue weighted by Crippen LogP contribution is -1.97. The third kappa shape index (κ3) is 3.10. The number of nitrogens with one attached hydrogen (secondary N) is 1. The Bertz CT molecular complexity index is 860. The molecule has 0 atom stereocenters. The molecule has 0 amide bonds. The van der Waals surface area contributed by atoms with Crippen LogP contribution in [0.1, 0.15) is 5.56 Å². The molecule has 2 aromatic carbocycles. The summed E-state index contributed by atoms with van der Waals surface area (Å²) in [6.45, 7) is 2.03. The predicted molar refractivity (Wildman–Crippen MR) is 89.6 cm³/mol. The third-order valence-electron chi connectivity index (χ3n) is 3.21. The van der Waals surface area contributed by atoms with E-state index in [2.05, 4.69) is 16.0 Å². The molecule has 0 aliphatic rings. The van der Waals surface area contributed by atoms with Crippen LogP contribution in [0.25, 0.3) is 22.2 Å². The minimum atomic E-state index is -0.871. The van der Waals surface area contributed by atoms with Crippen LogP contribution in [0.4, 0.5) is 0 Å². The Balaban J connectivity index is 2.02. The number of fused-ring (bicyclic) bond motifs is 1. The van der Waals surface area contributed by atoms with Crippen molar-refractivity contribution in [3.63, 3.8) is 0 Å². The molecule has 112 valence electrons. The van der Waals surface area contributed by atoms with Crippen molar-refractivity contribution in [1.82, 2.24) is 9.97 Å². The highest BCUT2D eigenvalue weighted by atomic mass is 35.5. The Morgan fingerprint density at radius 1 is 1.36 bits per heavy atom. The Hall–Kier alpha value is -1.98. The summed E-state index contributed by atoms with van der Waals surface area (Å²) in [6.07, 6.45) is 0. The predicted octanol–water partition coefficient (Wildman–Crippen LogP) is 4.37. The van der Waals surface area contributed by atoms with Gasteiger partial charge in [0, 0.05) is 5.56 Å². The highest BCUT2D eigenvalue weighted by Gasteiger charge is 2.11. The van der Waals surface area contributed by atoms with Gasteiger partial charge in [-0.3, -0.25) is 4.79 Å². The number of carboxylic acid groups (broad SMARTS) is 1. The summed E-state index contributed by atoms with van der Waals surface area (Å²) in [7, 11) is 0. The monoisotopic (exact) mass is 332 g/mol. The first-order valence-corrected chi connectivity index (χ1v) is 8.00. The van der Waals surface area contributed by atoms with Gasteiger partial charge in [-0.25, -0.2) is 4.98 Å². The molecule has 0 saturated carbocycles. The van der Waals surface area contributed by atoms with Crippen LogP contribution in [-0.2, 0) is 4.79 Å². The number of halogens is 1. The molecule has 1 aromatic heterocycles. The fourth-order valence-corrected chi connectivity index (χ4v) is 3.12. The standard InChI is InChI=1S/C16H13ClN2O2S/c1-9-3-2-4-10(5-9)11-6-13-14(7-12(11)17)19-16(18-13)22-8-15(20)21/h2-7H,8H2,1H3,(H,18,19)(H,20,21). The van der Waals surface area contributed by atoms with Crippen molar-refractivity contribution < 1.29 is 9.90 Å². The molecule has 0 fully saturated rings. The number of hydrogen-bond acceptors (Lipinski definition) is 3. The van der Waals surface area contributed by atoms with Gasteiger partial charge in [-0.2, -0.15) is 0 Å². The second kappa shape index (κ2) is 6.02. The summed E-state index contributed by atoms with van der Waals surface area (Å²) in [5.41, 5.74) is 4.69. The van der Waals surface area contributed by atoms with Crippen LogP contribution in [0.15, 0.2) is 41.6 Å². The number of hydrogen-bond donors (Lipinski definition) is 2. The van der Waals surface area contributed by atoms with Crippen molar-refractivity contribution in [2.45, 2.75) is 12.1 Å². The number of H-pyrrole nitrogens is 1. The number of nitrogens with zero attached hydrogens (tertiary/aromatic N) is 1. The number of aliphatic carboxylic acids is 1. The maximum atomic E-state index is 10.6. The van der Waals surface area contributed by atoms with Crippen LogP contribution >= 0.6 is 23.4 Å². The number of aromatic nitrogens is 2. The zero-order valence-corrected chi connectivity index (χ0v) is 13.3. The van der Waals surface area contributed by atoms with Gasteiger partial charge in [-0.05, 0) is 24.6 Å². The molecule has 22 heavy (non-hydrogen) atoms. The Morgan fingerprint density at radius 3 is 2.91 bits per heavy atom. The largest absolute Gasteiger partial charge is 0.481 e. The maximum Gasteiger partial charge on any atom is 0.313 e. The average molecular weight is 333 g/mol. The Kier molecular flexibility index (Phi) is 4.09. The zero-order chi connectivity index (χ0) is 15.7. The summed E-state index contributed by atoms with van der Waals surface area (Å²) in [5.74, 6) is -0.901. The number of imidazole rings is 1. The van der Waals surface area contributed by atoms with Crippen molar-refractivity contribution in [1.29, 1.82) is 0 Å². The second-order valence-electron chi connectivity index (χ2n) is 4.94. The number of aromatic amines is 1. The maximum absolute atomic E-state index is 10.6. The minimum absolute atomic E-state index is 0.0295. The molecule has 0 unspecified atom stereocenters. The van der Waals surface area contributed by atoms with E-state index in [4.69, 9.17) is 16.7 Å². The van der Waals surface area contributed by atoms with E-state index >= 15 is 0 Å². The molecule has 3 aromatic rings. The van der Waals surface area contributed by atoms with Crippen LogP contribution in [0.5, 0.6) is 0 Å². The fraction of sp³-hybridized carbons (Fsp3) is 0.125. The van der Waals surface area contributed by atoms with Gasteiger partial charge >= 0.3 is 5.97 Å². The minimum Gasteiger partial charge on any atom is -0.481 e. The van der Waals surface area contributed by atoms with E-state index in [0.29, 0.717) is 10.2 Å². The van der Waals surface area contributed by atoms with Crippen molar-refractivity contribution >= 4 is 40.4 Å². The summed E-state index contributed by atoms with van der Waals surface area (Å²) in [6, 6.07) is 11.8. The first-order chi connectivity index (χ1) is 10.5. The molecule has 0 bridgehead atoms. The van der Waals surface area contributed by atoms with Crippen LogP contribution in [0.2, 0.25) is 5.02 Å². The molecule has 2 N–H and O–H groups in total. The first-order valence-electron chi connectivity index (χ1n) is 6.64. The number of aryl methyl sites for hydroxylation is 1. The fourth-order valence-electron chi connectivity index (χ4n) is 2.24. The van der Waals surface area contributed by atoms with Gasteiger partial charge in [0.15, 0.2) is 5.16 Å². The normalized spacial score (nSPS) is 11.0. The Labute approximate surface area is 136 Å². The lowest BCUT2D eigenvalue weighted by molar-refractivity contribution is -0.133. The summed E-state index contributed by atoms with van der Waals surface area (Å²) >= 11 is 7.53. The average Bonchev–Trinajstić information content (AvgIpc) is 2.86. The van der Waals surface area contributed by atoms with Crippen LogP contribution in [0, 0.1) is 6.92 Å². The van der Waals surface area contributed by atoms with E-state index in [1.54, 1.807) is 0 Å². The smallest absolute Gasteiger partial charge is 0.313 e. The number of thioether (sulfide) groups is 1. The van der Waals surface area contributed by atoms with Crippen molar-refractivity contribution in [2.75, 3.05) is 5.75 Å². The molecule has 0 aliphatic heterocycles. The van der Waals surface area contributed by atoms with Crippen LogP contribution in [0.3, 0.4) is 0 Å². The van der Waals surface area contributed by atoms with Crippen molar-refractivity contribution in [3.05, 3.63) is 47.0 Å². The van der Waals surface area contributed by atoms with E-state index in [9.17, 15) is 4.79 Å². The zero-order valence-electron chi connectivity index (χ0n) is 11.8. The summed E-state index contributed by atoms with van der Waals surface area (Å²) in [5, 5.41) is 9.94. The van der Waals surface area contributed by atoms with Gasteiger partial charge in [0.2, 0.25) is 0 Å². The highest BCUT2D eigenvalue weighted by Crippen LogP contribution is 2.32. The second-order valence-corrected chi connectivity index (χ2v) is 6.31. The SMILES string of the molecule is Cc1cccc(-c2cc3nc(SCC(=O)O)[nH]c3cc2Cl)c1. The topological polar surface area (TPSA) is 66.0 Å². The van der Waals surface area contributed by atoms with E-state index in [1.165, 1.54) is 0 Å². The molecule has 3 rings (SSSR count). The van der Waals surface area contributed by atoms with Gasteiger partial charge in [-0.1, -0.05) is 53.2 Å². The third-order valence-corrected chi connectivity index (χ3v) is 4.38. The van der Waals surface area contributed by atoms with Gasteiger partial charge in [0.05, 0.1) is 21.8 Å². The van der Waals surface area contributed by atoms with E-state index < -0.39 is 5.97 Å². The molecular weight excluding hydrogens is 320 g/mol. The molecule has 4 nitrogen and oxygen atoms in total. The first kappa shape index (κ1) is 14.9. The van der Waals surface area contributed by atoms with Gasteiger partial charge in [0.1, 0.15) is 0 Å². The lowest BCUT2D eigenvalue weighted by Gasteiger charge is -2.05. The van der Waals surface area contributed by atoms with E-state index in [-0.39, 0.29) is 5.75 Å². The van der Waals surface area contributed by atoms with Crippen LogP contribution < -0.4 is 0 Å². The molecule has 6 heteroatoms. The Morgan fingerprint density at radius 2 is 2.18 bits per heavy atom. The molecule has 0 saturated heterocycles. The molecule has 0 radical (unpaired) electrons.